The third-order valence-electron chi connectivity index (χ3n) is 4.04. The van der Waals surface area contributed by atoms with Crippen molar-refractivity contribution in [3.05, 3.63) is 42.6 Å². The second kappa shape index (κ2) is 7.67. The highest BCUT2D eigenvalue weighted by Crippen LogP contribution is 2.22. The predicted octanol–water partition coefficient (Wildman–Crippen LogP) is 3.84. The molecule has 28 heavy (non-hydrogen) atoms. The van der Waals surface area contributed by atoms with Gasteiger partial charge in [0, 0.05) is 17.8 Å². The molecule has 1 aliphatic carbocycles. The highest BCUT2D eigenvalue weighted by Gasteiger charge is 2.23. The molecule has 1 aromatic carbocycles. The summed E-state index contributed by atoms with van der Waals surface area (Å²) in [4.78, 5) is 25.2. The Hall–Kier alpha value is -3.42. The van der Waals surface area contributed by atoms with E-state index in [-0.39, 0.29) is 18.2 Å². The number of urea groups is 1. The molecule has 3 N–H and O–H groups in total. The second-order valence-electron chi connectivity index (χ2n) is 6.99. The normalized spacial score (nSPS) is 13.4. The SMILES string of the molecule is CC(C)Oc1cccc(Nc2cnc3ccc(NC(=O)NC4CC4)nc3n2)c1. The quantitative estimate of drug-likeness (QED) is 0.602. The summed E-state index contributed by atoms with van der Waals surface area (Å²) in [5.41, 5.74) is 1.93. The van der Waals surface area contributed by atoms with Crippen LogP contribution in [0, 0.1) is 0 Å². The number of ether oxygens (including phenoxy) is 1. The van der Waals surface area contributed by atoms with Gasteiger partial charge in [0.25, 0.3) is 0 Å². The Morgan fingerprint density at radius 2 is 1.96 bits per heavy atom. The first-order valence-electron chi connectivity index (χ1n) is 9.30. The van der Waals surface area contributed by atoms with Crippen LogP contribution >= 0.6 is 0 Å². The Bertz CT molecular complexity index is 1000. The van der Waals surface area contributed by atoms with E-state index in [4.69, 9.17) is 4.74 Å². The molecule has 0 atom stereocenters. The Balaban J connectivity index is 1.50. The molecular weight excluding hydrogens is 356 g/mol. The zero-order chi connectivity index (χ0) is 19.5. The van der Waals surface area contributed by atoms with Crippen molar-refractivity contribution in [1.29, 1.82) is 0 Å². The van der Waals surface area contributed by atoms with E-state index in [1.807, 2.05) is 38.1 Å². The summed E-state index contributed by atoms with van der Waals surface area (Å²) >= 11 is 0. The predicted molar refractivity (Wildman–Crippen MR) is 108 cm³/mol. The molecule has 1 aliphatic rings. The highest BCUT2D eigenvalue weighted by molar-refractivity contribution is 5.89. The summed E-state index contributed by atoms with van der Waals surface area (Å²) in [6.45, 7) is 3.97. The van der Waals surface area contributed by atoms with Crippen LogP contribution in [0.1, 0.15) is 26.7 Å². The molecule has 4 rings (SSSR count). The first kappa shape index (κ1) is 18.0. The van der Waals surface area contributed by atoms with Crippen molar-refractivity contribution in [3.63, 3.8) is 0 Å². The number of anilines is 3. The number of nitrogens with zero attached hydrogens (tertiary/aromatic N) is 3. The Morgan fingerprint density at radius 1 is 1.14 bits per heavy atom. The number of carbonyl (C=O) groups excluding carboxylic acids is 1. The molecule has 144 valence electrons. The van der Waals surface area contributed by atoms with Gasteiger partial charge in [-0.15, -0.1) is 0 Å². The summed E-state index contributed by atoms with van der Waals surface area (Å²) in [7, 11) is 0. The van der Waals surface area contributed by atoms with E-state index in [2.05, 4.69) is 30.9 Å². The molecule has 2 heterocycles. The number of fused-ring (bicyclic) bond motifs is 1. The fraction of sp³-hybridized carbons (Fsp3) is 0.300. The fourth-order valence-electron chi connectivity index (χ4n) is 2.66. The van der Waals surface area contributed by atoms with Crippen molar-refractivity contribution >= 4 is 34.5 Å². The number of amides is 2. The van der Waals surface area contributed by atoms with Crippen LogP contribution in [0.4, 0.5) is 22.1 Å². The van der Waals surface area contributed by atoms with Gasteiger partial charge < -0.3 is 15.4 Å². The van der Waals surface area contributed by atoms with Gasteiger partial charge in [-0.3, -0.25) is 5.32 Å². The average molecular weight is 378 g/mol. The summed E-state index contributed by atoms with van der Waals surface area (Å²) in [5.74, 6) is 1.77. The van der Waals surface area contributed by atoms with Gasteiger partial charge in [-0.25, -0.2) is 19.7 Å². The lowest BCUT2D eigenvalue weighted by atomic mass is 10.3. The summed E-state index contributed by atoms with van der Waals surface area (Å²) in [6.07, 6.45) is 3.81. The van der Waals surface area contributed by atoms with E-state index in [9.17, 15) is 4.79 Å². The van der Waals surface area contributed by atoms with E-state index in [1.54, 1.807) is 18.3 Å². The molecule has 2 amide bonds. The monoisotopic (exact) mass is 378 g/mol. The Morgan fingerprint density at radius 3 is 2.75 bits per heavy atom. The lowest BCUT2D eigenvalue weighted by Crippen LogP contribution is -2.30. The number of benzene rings is 1. The number of rotatable bonds is 6. The Kier molecular flexibility index (Phi) is 4.92. The van der Waals surface area contributed by atoms with Crippen LogP contribution in [-0.4, -0.2) is 33.1 Å². The molecule has 0 spiro atoms. The van der Waals surface area contributed by atoms with Gasteiger partial charge in [0.2, 0.25) is 0 Å². The maximum atomic E-state index is 11.9. The lowest BCUT2D eigenvalue weighted by Gasteiger charge is -2.12. The van der Waals surface area contributed by atoms with Crippen molar-refractivity contribution in [3.8, 4) is 5.75 Å². The van der Waals surface area contributed by atoms with Crippen molar-refractivity contribution in [2.24, 2.45) is 0 Å². The van der Waals surface area contributed by atoms with Crippen LogP contribution in [0.25, 0.3) is 11.2 Å². The smallest absolute Gasteiger partial charge is 0.320 e. The molecule has 8 heteroatoms. The molecule has 1 fully saturated rings. The fourth-order valence-corrected chi connectivity index (χ4v) is 2.66. The van der Waals surface area contributed by atoms with Gasteiger partial charge in [-0.05, 0) is 51.0 Å². The van der Waals surface area contributed by atoms with Crippen molar-refractivity contribution in [1.82, 2.24) is 20.3 Å². The minimum absolute atomic E-state index is 0.1000. The van der Waals surface area contributed by atoms with E-state index >= 15 is 0 Å². The minimum atomic E-state index is -0.251. The molecule has 0 unspecified atom stereocenters. The molecule has 0 bridgehead atoms. The molecule has 0 aliphatic heterocycles. The molecule has 0 radical (unpaired) electrons. The third kappa shape index (κ3) is 4.64. The van der Waals surface area contributed by atoms with Crippen LogP contribution in [0.15, 0.2) is 42.6 Å². The van der Waals surface area contributed by atoms with Gasteiger partial charge in [0.1, 0.15) is 17.1 Å². The zero-order valence-electron chi connectivity index (χ0n) is 15.8. The maximum absolute atomic E-state index is 11.9. The number of aromatic nitrogens is 3. The number of hydrogen-bond acceptors (Lipinski definition) is 6. The minimum Gasteiger partial charge on any atom is -0.491 e. The molecule has 2 aromatic heterocycles. The molecule has 3 aromatic rings. The standard InChI is InChI=1S/C20H22N6O2/c1-12(2)28-15-5-3-4-14(10-15)22-18-11-21-16-8-9-17(24-19(16)25-18)26-20(27)23-13-6-7-13/h3-5,8-13H,6-7H2,1-2H3,(H3,22,23,24,25,26,27). The number of hydrogen-bond donors (Lipinski definition) is 3. The van der Waals surface area contributed by atoms with Crippen molar-refractivity contribution in [2.75, 3.05) is 10.6 Å². The van der Waals surface area contributed by atoms with Crippen LogP contribution in [0.5, 0.6) is 5.75 Å². The van der Waals surface area contributed by atoms with Gasteiger partial charge >= 0.3 is 6.03 Å². The number of nitrogens with one attached hydrogen (secondary N) is 3. The highest BCUT2D eigenvalue weighted by atomic mass is 16.5. The van der Waals surface area contributed by atoms with Crippen LogP contribution in [-0.2, 0) is 0 Å². The van der Waals surface area contributed by atoms with Crippen molar-refractivity contribution < 1.29 is 9.53 Å². The van der Waals surface area contributed by atoms with Crippen molar-refractivity contribution in [2.45, 2.75) is 38.8 Å². The third-order valence-corrected chi connectivity index (χ3v) is 4.04. The van der Waals surface area contributed by atoms with Gasteiger partial charge in [-0.2, -0.15) is 0 Å². The first-order chi connectivity index (χ1) is 13.5. The largest absolute Gasteiger partial charge is 0.491 e. The average Bonchev–Trinajstić information content (AvgIpc) is 3.45. The second-order valence-corrected chi connectivity index (χ2v) is 6.99. The summed E-state index contributed by atoms with van der Waals surface area (Å²) < 4.78 is 5.71. The van der Waals surface area contributed by atoms with E-state index < -0.39 is 0 Å². The van der Waals surface area contributed by atoms with Gasteiger partial charge in [0.05, 0.1) is 12.3 Å². The maximum Gasteiger partial charge on any atom is 0.320 e. The van der Waals surface area contributed by atoms with Gasteiger partial charge in [0.15, 0.2) is 11.5 Å². The van der Waals surface area contributed by atoms with E-state index in [0.717, 1.165) is 24.3 Å². The van der Waals surface area contributed by atoms with E-state index in [1.165, 1.54) is 0 Å². The Labute approximate surface area is 162 Å². The first-order valence-corrected chi connectivity index (χ1v) is 9.30. The van der Waals surface area contributed by atoms with Crippen LogP contribution in [0.3, 0.4) is 0 Å². The zero-order valence-corrected chi connectivity index (χ0v) is 15.8. The molecule has 1 saturated carbocycles. The number of pyridine rings is 1. The van der Waals surface area contributed by atoms with Crippen LogP contribution in [0.2, 0.25) is 0 Å². The summed E-state index contributed by atoms with van der Waals surface area (Å²) in [5, 5.41) is 8.81. The number of carbonyl (C=O) groups is 1. The topological polar surface area (TPSA) is 101 Å². The van der Waals surface area contributed by atoms with Gasteiger partial charge in [-0.1, -0.05) is 6.07 Å². The molecule has 8 nitrogen and oxygen atoms in total. The molecule has 0 saturated heterocycles. The van der Waals surface area contributed by atoms with Crippen LogP contribution < -0.4 is 20.7 Å². The molecular formula is C20H22N6O2. The van der Waals surface area contributed by atoms with E-state index in [0.29, 0.717) is 22.8 Å². The summed E-state index contributed by atoms with van der Waals surface area (Å²) in [6, 6.07) is 11.2. The lowest BCUT2D eigenvalue weighted by molar-refractivity contribution is 0.242.